The van der Waals surface area contributed by atoms with Gasteiger partial charge in [-0.3, -0.25) is 9.78 Å². The number of rotatable bonds is 6. The predicted octanol–water partition coefficient (Wildman–Crippen LogP) is 3.79. The van der Waals surface area contributed by atoms with Crippen LogP contribution in [0.25, 0.3) is 5.76 Å². The van der Waals surface area contributed by atoms with E-state index in [1.807, 2.05) is 19.9 Å². The second-order valence-corrected chi connectivity index (χ2v) is 5.74. The van der Waals surface area contributed by atoms with Crippen molar-refractivity contribution in [1.82, 2.24) is 4.98 Å². The van der Waals surface area contributed by atoms with Gasteiger partial charge in [-0.2, -0.15) is 0 Å². The summed E-state index contributed by atoms with van der Waals surface area (Å²) in [7, 11) is 0. The number of pyridine rings is 1. The number of ketones is 1. The van der Waals surface area contributed by atoms with Gasteiger partial charge >= 0.3 is 0 Å². The van der Waals surface area contributed by atoms with Crippen LogP contribution in [0.1, 0.15) is 45.4 Å². The summed E-state index contributed by atoms with van der Waals surface area (Å²) < 4.78 is 0. The van der Waals surface area contributed by atoms with Gasteiger partial charge in [-0.1, -0.05) is 33.8 Å². The molecular weight excluding hydrogens is 238 g/mol. The van der Waals surface area contributed by atoms with E-state index in [1.165, 1.54) is 6.08 Å². The minimum Gasteiger partial charge on any atom is -0.506 e. The molecule has 0 spiro atoms. The van der Waals surface area contributed by atoms with Gasteiger partial charge in [0.05, 0.1) is 0 Å². The highest BCUT2D eigenvalue weighted by molar-refractivity contribution is 5.95. The number of allylic oxidation sites excluding steroid dienone is 1. The number of carbonyl (C=O) groups is 1. The summed E-state index contributed by atoms with van der Waals surface area (Å²) in [5.74, 6) is 0.740. The fourth-order valence-corrected chi connectivity index (χ4v) is 1.86. The van der Waals surface area contributed by atoms with Crippen LogP contribution in [-0.4, -0.2) is 15.9 Å². The highest BCUT2D eigenvalue weighted by Crippen LogP contribution is 2.13. The fourth-order valence-electron chi connectivity index (χ4n) is 1.86. The molecule has 0 bridgehead atoms. The summed E-state index contributed by atoms with van der Waals surface area (Å²) in [6, 6.07) is 3.70. The van der Waals surface area contributed by atoms with Gasteiger partial charge in [-0.25, -0.2) is 0 Å². The second kappa shape index (κ2) is 7.07. The van der Waals surface area contributed by atoms with Gasteiger partial charge in [-0.05, 0) is 29.9 Å². The van der Waals surface area contributed by atoms with E-state index in [9.17, 15) is 9.90 Å². The normalized spacial score (nSPS) is 12.2. The fraction of sp³-hybridized carbons (Fsp3) is 0.500. The zero-order valence-corrected chi connectivity index (χ0v) is 12.2. The third kappa shape index (κ3) is 5.69. The van der Waals surface area contributed by atoms with Crippen molar-refractivity contribution in [1.29, 1.82) is 0 Å². The lowest BCUT2D eigenvalue weighted by molar-refractivity contribution is -0.115. The molecule has 0 saturated heterocycles. The highest BCUT2D eigenvalue weighted by Gasteiger charge is 2.07. The Hall–Kier alpha value is -1.64. The Bertz CT molecular complexity index is 444. The molecule has 0 saturated carbocycles. The molecule has 1 aromatic rings. The largest absolute Gasteiger partial charge is 0.506 e. The molecule has 1 N–H and O–H groups in total. The maximum Gasteiger partial charge on any atom is 0.159 e. The summed E-state index contributed by atoms with van der Waals surface area (Å²) in [4.78, 5) is 15.8. The van der Waals surface area contributed by atoms with Crippen LogP contribution in [0.2, 0.25) is 0 Å². The van der Waals surface area contributed by atoms with Gasteiger partial charge in [0.2, 0.25) is 0 Å². The maximum atomic E-state index is 11.6. The first-order valence-electron chi connectivity index (χ1n) is 6.77. The third-order valence-electron chi connectivity index (χ3n) is 2.64. The van der Waals surface area contributed by atoms with E-state index in [0.717, 1.165) is 12.0 Å². The predicted molar refractivity (Wildman–Crippen MR) is 77.8 cm³/mol. The number of hydrogen-bond acceptors (Lipinski definition) is 3. The summed E-state index contributed by atoms with van der Waals surface area (Å²) in [6.07, 6.45) is 4.43. The zero-order chi connectivity index (χ0) is 14.4. The highest BCUT2D eigenvalue weighted by atomic mass is 16.3. The minimum atomic E-state index is -0.0689. The molecule has 0 aliphatic carbocycles. The lowest BCUT2D eigenvalue weighted by Gasteiger charge is -2.05. The van der Waals surface area contributed by atoms with Crippen molar-refractivity contribution >= 4 is 11.5 Å². The van der Waals surface area contributed by atoms with E-state index in [-0.39, 0.29) is 17.5 Å². The van der Waals surface area contributed by atoms with Crippen molar-refractivity contribution in [3.05, 3.63) is 35.7 Å². The smallest absolute Gasteiger partial charge is 0.159 e. The van der Waals surface area contributed by atoms with Gasteiger partial charge in [0.1, 0.15) is 11.5 Å². The van der Waals surface area contributed by atoms with Crippen LogP contribution in [0, 0.1) is 11.8 Å². The van der Waals surface area contributed by atoms with Crippen molar-refractivity contribution < 1.29 is 9.90 Å². The number of carbonyl (C=O) groups excluding carboxylic acids is 1. The van der Waals surface area contributed by atoms with E-state index in [1.54, 1.807) is 12.3 Å². The van der Waals surface area contributed by atoms with Gasteiger partial charge in [0, 0.05) is 18.7 Å². The Morgan fingerprint density at radius 1 is 1.26 bits per heavy atom. The van der Waals surface area contributed by atoms with Crippen molar-refractivity contribution in [2.24, 2.45) is 11.8 Å². The minimum absolute atomic E-state index is 0.0539. The number of aromatic nitrogens is 1. The Morgan fingerprint density at radius 2 is 1.95 bits per heavy atom. The lowest BCUT2D eigenvalue weighted by Crippen LogP contribution is -2.01. The van der Waals surface area contributed by atoms with Crippen LogP contribution in [0.3, 0.4) is 0 Å². The van der Waals surface area contributed by atoms with E-state index in [0.29, 0.717) is 18.0 Å². The van der Waals surface area contributed by atoms with Crippen LogP contribution >= 0.6 is 0 Å². The molecule has 0 unspecified atom stereocenters. The van der Waals surface area contributed by atoms with Crippen LogP contribution in [0.5, 0.6) is 0 Å². The first-order valence-corrected chi connectivity index (χ1v) is 6.77. The second-order valence-electron chi connectivity index (χ2n) is 5.74. The molecule has 3 heteroatoms. The third-order valence-corrected chi connectivity index (χ3v) is 2.64. The van der Waals surface area contributed by atoms with Gasteiger partial charge in [0.25, 0.3) is 0 Å². The molecule has 1 rings (SSSR count). The summed E-state index contributed by atoms with van der Waals surface area (Å²) >= 11 is 0. The molecule has 1 aromatic heterocycles. The van der Waals surface area contributed by atoms with Crippen molar-refractivity contribution in [3.63, 3.8) is 0 Å². The number of aliphatic hydroxyl groups is 1. The molecule has 0 amide bonds. The summed E-state index contributed by atoms with van der Waals surface area (Å²) in [6.45, 7) is 8.25. The average molecular weight is 261 g/mol. The first-order chi connectivity index (χ1) is 8.88. The molecular formula is C16H23NO2. The van der Waals surface area contributed by atoms with Crippen LogP contribution < -0.4 is 0 Å². The lowest BCUT2D eigenvalue weighted by atomic mass is 10.0. The molecule has 1 heterocycles. The van der Waals surface area contributed by atoms with Crippen LogP contribution in [0.4, 0.5) is 0 Å². The summed E-state index contributed by atoms with van der Waals surface area (Å²) in [5, 5.41) is 9.85. The van der Waals surface area contributed by atoms with Crippen molar-refractivity contribution in [2.75, 3.05) is 0 Å². The molecule has 19 heavy (non-hydrogen) atoms. The Balaban J connectivity index is 2.74. The standard InChI is InChI=1S/C16H23NO2/c1-11(2)7-13-5-6-15(17-10-13)16(19)9-14(18)8-12(3)4/h5-6,9-12,19H,7-8H2,1-4H3. The van der Waals surface area contributed by atoms with Crippen LogP contribution in [-0.2, 0) is 11.2 Å². The molecule has 0 fully saturated rings. The van der Waals surface area contributed by atoms with E-state index in [2.05, 4.69) is 18.8 Å². The maximum absolute atomic E-state index is 11.6. The quantitative estimate of drug-likeness (QED) is 0.626. The summed E-state index contributed by atoms with van der Waals surface area (Å²) in [5.41, 5.74) is 1.59. The molecule has 0 radical (unpaired) electrons. The molecule has 0 aliphatic rings. The first kappa shape index (κ1) is 15.4. The molecule has 0 atom stereocenters. The van der Waals surface area contributed by atoms with Gasteiger partial charge in [-0.15, -0.1) is 0 Å². The monoisotopic (exact) mass is 261 g/mol. The zero-order valence-electron chi connectivity index (χ0n) is 12.2. The number of aliphatic hydroxyl groups excluding tert-OH is 1. The topological polar surface area (TPSA) is 50.2 Å². The van der Waals surface area contributed by atoms with E-state index < -0.39 is 0 Å². The average Bonchev–Trinajstić information content (AvgIpc) is 2.27. The number of hydrogen-bond donors (Lipinski definition) is 1. The van der Waals surface area contributed by atoms with Crippen molar-refractivity contribution in [2.45, 2.75) is 40.5 Å². The molecule has 104 valence electrons. The van der Waals surface area contributed by atoms with Crippen LogP contribution in [0.15, 0.2) is 24.4 Å². The Labute approximate surface area is 115 Å². The number of nitrogens with zero attached hydrogens (tertiary/aromatic N) is 1. The molecule has 0 aliphatic heterocycles. The molecule has 0 aromatic carbocycles. The SMILES string of the molecule is CC(C)CC(=O)C=C(O)c1ccc(CC(C)C)cn1. The van der Waals surface area contributed by atoms with Gasteiger partial charge < -0.3 is 5.11 Å². The van der Waals surface area contributed by atoms with Gasteiger partial charge in [0.15, 0.2) is 5.78 Å². The Kier molecular flexibility index (Phi) is 5.74. The molecule has 3 nitrogen and oxygen atoms in total. The van der Waals surface area contributed by atoms with E-state index in [4.69, 9.17) is 0 Å². The Morgan fingerprint density at radius 3 is 2.42 bits per heavy atom. The van der Waals surface area contributed by atoms with Crippen molar-refractivity contribution in [3.8, 4) is 0 Å². The van der Waals surface area contributed by atoms with E-state index >= 15 is 0 Å².